The predicted octanol–water partition coefficient (Wildman–Crippen LogP) is 1.87. The molecule has 2 nitrogen and oxygen atoms in total. The Hall–Kier alpha value is -0.550. The average Bonchev–Trinajstić information content (AvgIpc) is 2.00. The second-order valence-corrected chi connectivity index (χ2v) is 3.46. The minimum absolute atomic E-state index is 0.0207. The van der Waals surface area contributed by atoms with Crippen LogP contribution in [0.15, 0.2) is 0 Å². The third-order valence-electron chi connectivity index (χ3n) is 2.40. The topological polar surface area (TPSA) is 27.0 Å². The number of hydrogen-bond donors (Lipinski definition) is 0. The highest BCUT2D eigenvalue weighted by Gasteiger charge is 2.17. The van der Waals surface area contributed by atoms with Gasteiger partial charge in [0.25, 0.3) is 0 Å². The van der Waals surface area contributed by atoms with Crippen LogP contribution in [-0.2, 0) is 0 Å². The Morgan fingerprint density at radius 2 is 1.64 bits per heavy atom. The van der Waals surface area contributed by atoms with Crippen LogP contribution in [0.2, 0.25) is 0 Å². The highest BCUT2D eigenvalue weighted by atomic mass is 15.1. The lowest BCUT2D eigenvalue weighted by atomic mass is 10.0. The van der Waals surface area contributed by atoms with Crippen LogP contribution in [0.4, 0.5) is 0 Å². The Morgan fingerprint density at radius 1 is 1.18 bits per heavy atom. The molecule has 0 aliphatic rings. The van der Waals surface area contributed by atoms with E-state index >= 15 is 0 Å². The second kappa shape index (κ2) is 4.35. The summed E-state index contributed by atoms with van der Waals surface area (Å²) in [7, 11) is 2.00. The molecular formula is C9H18N2. The number of nitriles is 1. The van der Waals surface area contributed by atoms with Crippen LogP contribution in [0.5, 0.6) is 0 Å². The molecule has 0 heterocycles. The van der Waals surface area contributed by atoms with Crippen molar-refractivity contribution in [2.75, 3.05) is 7.05 Å². The van der Waals surface area contributed by atoms with E-state index in [4.69, 9.17) is 5.26 Å². The SMILES string of the molecule is CC(C)C(C)N(C)C(C)C#N. The van der Waals surface area contributed by atoms with Crippen molar-refractivity contribution >= 4 is 0 Å². The highest BCUT2D eigenvalue weighted by molar-refractivity contribution is 4.88. The molecule has 0 aromatic rings. The quantitative estimate of drug-likeness (QED) is 0.620. The van der Waals surface area contributed by atoms with Crippen LogP contribution in [0.1, 0.15) is 27.7 Å². The minimum atomic E-state index is 0.0207. The first-order valence-electron chi connectivity index (χ1n) is 4.12. The average molecular weight is 154 g/mol. The van der Waals surface area contributed by atoms with Gasteiger partial charge in [-0.15, -0.1) is 0 Å². The van der Waals surface area contributed by atoms with E-state index in [9.17, 15) is 0 Å². The fourth-order valence-electron chi connectivity index (χ4n) is 0.914. The highest BCUT2D eigenvalue weighted by Crippen LogP contribution is 2.10. The summed E-state index contributed by atoms with van der Waals surface area (Å²) in [6.45, 7) is 8.42. The third-order valence-corrected chi connectivity index (χ3v) is 2.40. The predicted molar refractivity (Wildman–Crippen MR) is 47.1 cm³/mol. The molecule has 0 rings (SSSR count). The van der Waals surface area contributed by atoms with Crippen molar-refractivity contribution in [2.45, 2.75) is 39.8 Å². The van der Waals surface area contributed by atoms with Crippen molar-refractivity contribution in [3.05, 3.63) is 0 Å². The Kier molecular flexibility index (Phi) is 4.14. The van der Waals surface area contributed by atoms with Crippen LogP contribution in [-0.4, -0.2) is 24.0 Å². The van der Waals surface area contributed by atoms with Crippen LogP contribution < -0.4 is 0 Å². The van der Waals surface area contributed by atoms with Gasteiger partial charge >= 0.3 is 0 Å². The van der Waals surface area contributed by atoms with Gasteiger partial charge in [-0.1, -0.05) is 13.8 Å². The van der Waals surface area contributed by atoms with Gasteiger partial charge in [-0.25, -0.2) is 0 Å². The van der Waals surface area contributed by atoms with Crippen molar-refractivity contribution in [3.63, 3.8) is 0 Å². The van der Waals surface area contributed by atoms with Crippen LogP contribution in [0.3, 0.4) is 0 Å². The molecule has 0 saturated carbocycles. The van der Waals surface area contributed by atoms with Gasteiger partial charge in [0.15, 0.2) is 0 Å². The van der Waals surface area contributed by atoms with Gasteiger partial charge in [-0.3, -0.25) is 4.90 Å². The van der Waals surface area contributed by atoms with Gasteiger partial charge in [-0.2, -0.15) is 5.26 Å². The minimum Gasteiger partial charge on any atom is -0.288 e. The molecule has 0 spiro atoms. The van der Waals surface area contributed by atoms with E-state index in [1.807, 2.05) is 14.0 Å². The molecule has 0 N–H and O–H groups in total. The summed E-state index contributed by atoms with van der Waals surface area (Å²) < 4.78 is 0. The Bertz CT molecular complexity index is 146. The van der Waals surface area contributed by atoms with Crippen molar-refractivity contribution in [3.8, 4) is 6.07 Å². The van der Waals surface area contributed by atoms with Gasteiger partial charge < -0.3 is 0 Å². The lowest BCUT2D eigenvalue weighted by Gasteiger charge is -2.29. The maximum atomic E-state index is 8.64. The van der Waals surface area contributed by atoms with Crippen molar-refractivity contribution in [1.29, 1.82) is 5.26 Å². The van der Waals surface area contributed by atoms with Gasteiger partial charge in [0, 0.05) is 6.04 Å². The Balaban J connectivity index is 4.03. The molecule has 2 heteroatoms. The molecule has 0 aliphatic heterocycles. The zero-order valence-electron chi connectivity index (χ0n) is 8.13. The molecule has 0 radical (unpaired) electrons. The molecule has 0 aliphatic carbocycles. The first-order valence-corrected chi connectivity index (χ1v) is 4.12. The van der Waals surface area contributed by atoms with E-state index in [0.717, 1.165) is 0 Å². The molecule has 0 fully saturated rings. The molecular weight excluding hydrogens is 136 g/mol. The maximum absolute atomic E-state index is 8.64. The van der Waals surface area contributed by atoms with Crippen molar-refractivity contribution in [1.82, 2.24) is 4.90 Å². The zero-order chi connectivity index (χ0) is 9.02. The van der Waals surface area contributed by atoms with Crippen LogP contribution in [0, 0.1) is 17.2 Å². The monoisotopic (exact) mass is 154 g/mol. The normalized spacial score (nSPS) is 16.5. The van der Waals surface area contributed by atoms with E-state index in [1.165, 1.54) is 0 Å². The summed E-state index contributed by atoms with van der Waals surface area (Å²) in [5, 5.41) is 8.64. The first kappa shape index (κ1) is 10.4. The van der Waals surface area contributed by atoms with Crippen molar-refractivity contribution < 1.29 is 0 Å². The number of rotatable bonds is 3. The molecule has 0 aromatic carbocycles. The van der Waals surface area contributed by atoms with Gasteiger partial charge in [-0.05, 0) is 26.8 Å². The summed E-state index contributed by atoms with van der Waals surface area (Å²) in [4.78, 5) is 2.10. The summed E-state index contributed by atoms with van der Waals surface area (Å²) in [6, 6.07) is 2.72. The smallest absolute Gasteiger partial charge is 0.0949 e. The third kappa shape index (κ3) is 2.90. The summed E-state index contributed by atoms with van der Waals surface area (Å²) >= 11 is 0. The number of hydrogen-bond acceptors (Lipinski definition) is 2. The largest absolute Gasteiger partial charge is 0.288 e. The van der Waals surface area contributed by atoms with E-state index < -0.39 is 0 Å². The molecule has 0 amide bonds. The summed E-state index contributed by atoms with van der Waals surface area (Å²) in [6.07, 6.45) is 0. The molecule has 2 atom stereocenters. The molecule has 2 unspecified atom stereocenters. The van der Waals surface area contributed by atoms with Gasteiger partial charge in [0.2, 0.25) is 0 Å². The van der Waals surface area contributed by atoms with Crippen LogP contribution >= 0.6 is 0 Å². The lowest BCUT2D eigenvalue weighted by molar-refractivity contribution is 0.186. The molecule has 0 bridgehead atoms. The van der Waals surface area contributed by atoms with E-state index in [-0.39, 0.29) is 6.04 Å². The molecule has 0 saturated heterocycles. The molecule has 64 valence electrons. The standard InChI is InChI=1S/C9H18N2/c1-7(2)9(4)11(5)8(3)6-10/h7-9H,1-5H3. The van der Waals surface area contributed by atoms with E-state index in [0.29, 0.717) is 12.0 Å². The van der Waals surface area contributed by atoms with Crippen molar-refractivity contribution in [2.24, 2.45) is 5.92 Å². The van der Waals surface area contributed by atoms with Crippen LogP contribution in [0.25, 0.3) is 0 Å². The fraction of sp³-hybridized carbons (Fsp3) is 0.889. The molecule has 0 aromatic heterocycles. The summed E-state index contributed by atoms with van der Waals surface area (Å²) in [5.74, 6) is 0.607. The van der Waals surface area contributed by atoms with Gasteiger partial charge in [0.05, 0.1) is 12.1 Å². The first-order chi connectivity index (χ1) is 5.00. The second-order valence-electron chi connectivity index (χ2n) is 3.46. The number of nitrogens with zero attached hydrogens (tertiary/aromatic N) is 2. The van der Waals surface area contributed by atoms with E-state index in [1.54, 1.807) is 0 Å². The Morgan fingerprint density at radius 3 is 1.91 bits per heavy atom. The van der Waals surface area contributed by atoms with Gasteiger partial charge in [0.1, 0.15) is 0 Å². The van der Waals surface area contributed by atoms with E-state index in [2.05, 4.69) is 31.7 Å². The zero-order valence-corrected chi connectivity index (χ0v) is 8.13. The lowest BCUT2D eigenvalue weighted by Crippen LogP contribution is -2.38. The maximum Gasteiger partial charge on any atom is 0.0949 e. The Labute approximate surface area is 69.8 Å². The summed E-state index contributed by atoms with van der Waals surface area (Å²) in [5.41, 5.74) is 0. The fourth-order valence-corrected chi connectivity index (χ4v) is 0.914. The molecule has 11 heavy (non-hydrogen) atoms.